The Morgan fingerprint density at radius 3 is 1.73 bits per heavy atom. The standard InChI is InChI=1S/C37H37F9N4O2/c38-31-22-33(40)32(39)21-30(31)35(52)49-9-6-27(7-10-49)47-12-14-48(15-13-47)28-8-11-50(29(20-28)16-23-4-2-1-3-5-23)34(51)24-17-25(36(41,42)43)19-26(18-24)37(44,45)46/h1-5,17-19,21-22,27-29H,6-16,20H2. The van der Waals surface area contributed by atoms with Crippen LogP contribution in [-0.4, -0.2) is 95.4 Å². The molecule has 0 N–H and O–H groups in total. The molecule has 2 atom stereocenters. The van der Waals surface area contributed by atoms with E-state index in [4.69, 9.17) is 0 Å². The van der Waals surface area contributed by atoms with Crippen molar-refractivity contribution in [2.75, 3.05) is 45.8 Å². The van der Waals surface area contributed by atoms with Gasteiger partial charge < -0.3 is 9.80 Å². The van der Waals surface area contributed by atoms with Crippen LogP contribution in [0.5, 0.6) is 0 Å². The molecule has 0 saturated carbocycles. The van der Waals surface area contributed by atoms with Crippen molar-refractivity contribution >= 4 is 11.8 Å². The van der Waals surface area contributed by atoms with Gasteiger partial charge in [0.2, 0.25) is 0 Å². The molecule has 0 bridgehead atoms. The maximum Gasteiger partial charge on any atom is 0.416 e. The fourth-order valence-electron chi connectivity index (χ4n) is 7.71. The Bertz CT molecular complexity index is 1720. The largest absolute Gasteiger partial charge is 0.416 e. The number of hydrogen-bond acceptors (Lipinski definition) is 4. The fraction of sp³-hybridized carbons (Fsp3) is 0.459. The molecule has 3 heterocycles. The van der Waals surface area contributed by atoms with Crippen molar-refractivity contribution in [3.05, 3.63) is 106 Å². The number of piperazine rings is 1. The number of likely N-dealkylation sites (tertiary alicyclic amines) is 2. The number of amides is 2. The van der Waals surface area contributed by atoms with Crippen molar-refractivity contribution in [3.8, 4) is 0 Å². The Morgan fingerprint density at radius 1 is 0.615 bits per heavy atom. The number of rotatable bonds is 6. The zero-order chi connectivity index (χ0) is 37.4. The first kappa shape index (κ1) is 37.6. The molecule has 3 aromatic rings. The lowest BCUT2D eigenvalue weighted by molar-refractivity contribution is -0.143. The molecule has 3 aliphatic heterocycles. The van der Waals surface area contributed by atoms with Gasteiger partial charge in [0, 0.05) is 75.6 Å². The molecule has 3 saturated heterocycles. The maximum absolute atomic E-state index is 14.2. The number of nitrogens with zero attached hydrogens (tertiary/aromatic N) is 4. The zero-order valence-electron chi connectivity index (χ0n) is 28.0. The summed E-state index contributed by atoms with van der Waals surface area (Å²) in [6, 6.07) is 10.9. The molecule has 3 aromatic carbocycles. The van der Waals surface area contributed by atoms with Gasteiger partial charge in [0.25, 0.3) is 11.8 Å². The molecule has 280 valence electrons. The second-order valence-corrected chi connectivity index (χ2v) is 13.7. The monoisotopic (exact) mass is 740 g/mol. The quantitative estimate of drug-likeness (QED) is 0.197. The summed E-state index contributed by atoms with van der Waals surface area (Å²) in [6.07, 6.45) is -7.58. The van der Waals surface area contributed by atoms with Gasteiger partial charge in [0.1, 0.15) is 5.82 Å². The highest BCUT2D eigenvalue weighted by Gasteiger charge is 2.41. The van der Waals surface area contributed by atoms with Crippen LogP contribution >= 0.6 is 0 Å². The molecule has 52 heavy (non-hydrogen) atoms. The molecule has 0 aromatic heterocycles. The van der Waals surface area contributed by atoms with Gasteiger partial charge in [0.05, 0.1) is 16.7 Å². The highest BCUT2D eigenvalue weighted by atomic mass is 19.4. The number of benzene rings is 3. The molecular weight excluding hydrogens is 703 g/mol. The van der Waals surface area contributed by atoms with Crippen LogP contribution in [0.25, 0.3) is 0 Å². The SMILES string of the molecule is O=C(c1cc(F)c(F)cc1F)N1CCC(N2CCN(C3CCN(C(=O)c4cc(C(F)(F)F)cc(C(F)(F)F)c4)C(Cc4ccccc4)C3)CC2)CC1. The summed E-state index contributed by atoms with van der Waals surface area (Å²) < 4.78 is 123. The first-order valence-corrected chi connectivity index (χ1v) is 17.1. The van der Waals surface area contributed by atoms with E-state index in [0.29, 0.717) is 95.6 Å². The van der Waals surface area contributed by atoms with E-state index < -0.39 is 69.9 Å². The molecule has 6 nitrogen and oxygen atoms in total. The van der Waals surface area contributed by atoms with E-state index in [-0.39, 0.29) is 24.7 Å². The lowest BCUT2D eigenvalue weighted by Crippen LogP contribution is -2.58. The Labute approximate surface area is 294 Å². The van der Waals surface area contributed by atoms with Gasteiger partial charge in [-0.1, -0.05) is 30.3 Å². The highest BCUT2D eigenvalue weighted by molar-refractivity contribution is 5.95. The normalized spacial score (nSPS) is 21.4. The predicted octanol–water partition coefficient (Wildman–Crippen LogP) is 7.28. The minimum Gasteiger partial charge on any atom is -0.338 e. The van der Waals surface area contributed by atoms with Gasteiger partial charge >= 0.3 is 12.4 Å². The molecular formula is C37H37F9N4O2. The van der Waals surface area contributed by atoms with Crippen molar-refractivity contribution in [2.45, 2.75) is 62.6 Å². The molecule has 15 heteroatoms. The Kier molecular flexibility index (Phi) is 10.9. The third-order valence-corrected chi connectivity index (χ3v) is 10.5. The first-order valence-electron chi connectivity index (χ1n) is 17.1. The number of hydrogen-bond donors (Lipinski definition) is 0. The van der Waals surface area contributed by atoms with Crippen LogP contribution in [0.2, 0.25) is 0 Å². The van der Waals surface area contributed by atoms with Crippen LogP contribution in [-0.2, 0) is 18.8 Å². The average molecular weight is 741 g/mol. The van der Waals surface area contributed by atoms with E-state index in [0.717, 1.165) is 5.56 Å². The lowest BCUT2D eigenvalue weighted by atomic mass is 9.90. The predicted molar refractivity (Wildman–Crippen MR) is 173 cm³/mol. The summed E-state index contributed by atoms with van der Waals surface area (Å²) in [5.41, 5.74) is -3.35. The Hall–Kier alpha value is -4.11. The Balaban J connectivity index is 1.10. The van der Waals surface area contributed by atoms with E-state index >= 15 is 0 Å². The van der Waals surface area contributed by atoms with Gasteiger partial charge in [-0.2, -0.15) is 26.3 Å². The number of carbonyl (C=O) groups excluding carboxylic acids is 2. The second kappa shape index (κ2) is 15.1. The van der Waals surface area contributed by atoms with E-state index in [2.05, 4.69) is 9.80 Å². The smallest absolute Gasteiger partial charge is 0.338 e. The van der Waals surface area contributed by atoms with E-state index in [9.17, 15) is 49.1 Å². The summed E-state index contributed by atoms with van der Waals surface area (Å²) >= 11 is 0. The highest BCUT2D eigenvalue weighted by Crippen LogP contribution is 2.37. The van der Waals surface area contributed by atoms with Gasteiger partial charge in [-0.3, -0.25) is 19.4 Å². The second-order valence-electron chi connectivity index (χ2n) is 13.7. The van der Waals surface area contributed by atoms with Gasteiger partial charge in [-0.05, 0) is 61.9 Å². The van der Waals surface area contributed by atoms with Crippen molar-refractivity contribution in [3.63, 3.8) is 0 Å². The third-order valence-electron chi connectivity index (χ3n) is 10.5. The zero-order valence-corrected chi connectivity index (χ0v) is 28.0. The number of carbonyl (C=O) groups is 2. The average Bonchev–Trinajstić information content (AvgIpc) is 3.12. The fourth-order valence-corrected chi connectivity index (χ4v) is 7.71. The summed E-state index contributed by atoms with van der Waals surface area (Å²) in [6.45, 7) is 3.62. The summed E-state index contributed by atoms with van der Waals surface area (Å²) in [5, 5.41) is 0. The molecule has 3 aliphatic rings. The minimum atomic E-state index is -5.08. The topological polar surface area (TPSA) is 47.1 Å². The molecule has 3 fully saturated rings. The van der Waals surface area contributed by atoms with Gasteiger partial charge in [-0.15, -0.1) is 0 Å². The molecule has 2 amide bonds. The van der Waals surface area contributed by atoms with Crippen LogP contribution in [0, 0.1) is 17.5 Å². The van der Waals surface area contributed by atoms with Crippen LogP contribution in [0.4, 0.5) is 39.5 Å². The van der Waals surface area contributed by atoms with E-state index in [1.54, 1.807) is 0 Å². The summed E-state index contributed by atoms with van der Waals surface area (Å²) in [7, 11) is 0. The molecule has 2 unspecified atom stereocenters. The lowest BCUT2D eigenvalue weighted by Gasteiger charge is -2.48. The van der Waals surface area contributed by atoms with Gasteiger partial charge in [-0.25, -0.2) is 13.2 Å². The molecule has 0 radical (unpaired) electrons. The number of halogens is 9. The third kappa shape index (κ3) is 8.41. The van der Waals surface area contributed by atoms with Crippen molar-refractivity contribution in [2.24, 2.45) is 0 Å². The number of piperidine rings is 2. The number of alkyl halides is 6. The van der Waals surface area contributed by atoms with E-state index in [1.165, 1.54) is 9.80 Å². The first-order chi connectivity index (χ1) is 24.6. The summed E-state index contributed by atoms with van der Waals surface area (Å²) in [5.74, 6) is -5.34. The molecule has 0 aliphatic carbocycles. The van der Waals surface area contributed by atoms with Crippen molar-refractivity contribution in [1.29, 1.82) is 0 Å². The molecule has 0 spiro atoms. The molecule has 6 rings (SSSR count). The van der Waals surface area contributed by atoms with Crippen LogP contribution < -0.4 is 0 Å². The minimum absolute atomic E-state index is 0.0182. The van der Waals surface area contributed by atoms with E-state index in [1.807, 2.05) is 30.3 Å². The maximum atomic E-state index is 14.2. The van der Waals surface area contributed by atoms with Crippen molar-refractivity contribution in [1.82, 2.24) is 19.6 Å². The van der Waals surface area contributed by atoms with Crippen molar-refractivity contribution < 1.29 is 49.1 Å². The van der Waals surface area contributed by atoms with Crippen LogP contribution in [0.3, 0.4) is 0 Å². The summed E-state index contributed by atoms with van der Waals surface area (Å²) in [4.78, 5) is 34.1. The van der Waals surface area contributed by atoms with Crippen LogP contribution in [0.15, 0.2) is 60.7 Å². The Morgan fingerprint density at radius 2 is 1.15 bits per heavy atom. The van der Waals surface area contributed by atoms with Crippen LogP contribution in [0.1, 0.15) is 63.1 Å². The van der Waals surface area contributed by atoms with Gasteiger partial charge in [0.15, 0.2) is 11.6 Å².